The zero-order chi connectivity index (χ0) is 10.3. The Labute approximate surface area is 77.7 Å². The Hall–Kier alpha value is -1.32. The van der Waals surface area contributed by atoms with E-state index in [4.69, 9.17) is 10.5 Å². The number of rotatable bonds is 2. The highest BCUT2D eigenvalue weighted by Crippen LogP contribution is 2.18. The summed E-state index contributed by atoms with van der Waals surface area (Å²) in [7, 11) is 0. The molecule has 13 heavy (non-hydrogen) atoms. The van der Waals surface area contributed by atoms with Crippen molar-refractivity contribution in [2.24, 2.45) is 0 Å². The van der Waals surface area contributed by atoms with Crippen LogP contribution in [0.4, 0.5) is 10.2 Å². The summed E-state index contributed by atoms with van der Waals surface area (Å²) in [5, 5.41) is 0. The predicted octanol–water partition coefficient (Wildman–Crippen LogP) is 2.38. The van der Waals surface area contributed by atoms with Gasteiger partial charge < -0.3 is 10.5 Å². The maximum atomic E-state index is 12.3. The zero-order valence-electron chi connectivity index (χ0n) is 8.12. The first-order chi connectivity index (χ1) is 6.20. The molecule has 0 spiro atoms. The van der Waals surface area contributed by atoms with E-state index in [1.54, 1.807) is 12.1 Å². The average molecular weight is 186 g/mol. The van der Waals surface area contributed by atoms with Crippen molar-refractivity contribution in [1.82, 2.24) is 4.98 Å². The fourth-order valence-electron chi connectivity index (χ4n) is 0.677. The Morgan fingerprint density at radius 2 is 2.15 bits per heavy atom. The lowest BCUT2D eigenvalue weighted by Crippen LogP contribution is -2.06. The minimum Gasteiger partial charge on any atom is -0.457 e. The number of nitrogen functional groups attached to an aromatic ring is 1. The summed E-state index contributed by atoms with van der Waals surface area (Å²) in [6, 6.07) is 3.20. The second-order valence-electron chi connectivity index (χ2n) is 2.05. The second kappa shape index (κ2) is 6.22. The van der Waals surface area contributed by atoms with E-state index in [-0.39, 0.29) is 11.6 Å². The summed E-state index contributed by atoms with van der Waals surface area (Å²) in [5.41, 5.74) is 5.37. The van der Waals surface area contributed by atoms with Crippen molar-refractivity contribution in [2.45, 2.75) is 27.1 Å². The average Bonchev–Trinajstić information content (AvgIpc) is 2.12. The van der Waals surface area contributed by atoms with Gasteiger partial charge in [0.15, 0.2) is 11.6 Å². The highest BCUT2D eigenvalue weighted by Gasteiger charge is 2.03. The Morgan fingerprint density at radius 1 is 1.54 bits per heavy atom. The molecule has 0 saturated heterocycles. The molecule has 4 heteroatoms. The van der Waals surface area contributed by atoms with Gasteiger partial charge in [-0.3, -0.25) is 0 Å². The normalized spacial score (nSPS) is 11.1. The van der Waals surface area contributed by atoms with Gasteiger partial charge in [-0.2, -0.15) is 0 Å². The maximum Gasteiger partial charge on any atom is 0.236 e. The van der Waals surface area contributed by atoms with Crippen LogP contribution in [0.25, 0.3) is 0 Å². The van der Waals surface area contributed by atoms with Crippen molar-refractivity contribution >= 4 is 5.82 Å². The number of hydrogen-bond acceptors (Lipinski definition) is 3. The number of hydrogen-bond donors (Lipinski definition) is 1. The van der Waals surface area contributed by atoms with Gasteiger partial charge >= 0.3 is 0 Å². The van der Waals surface area contributed by atoms with Crippen molar-refractivity contribution < 1.29 is 9.13 Å². The van der Waals surface area contributed by atoms with Crippen LogP contribution in [0.2, 0.25) is 0 Å². The van der Waals surface area contributed by atoms with E-state index in [1.807, 2.05) is 13.8 Å². The molecule has 1 atom stereocenters. The van der Waals surface area contributed by atoms with E-state index in [9.17, 15) is 4.39 Å². The molecule has 0 aromatic carbocycles. The van der Waals surface area contributed by atoms with Crippen LogP contribution in [0.1, 0.15) is 20.8 Å². The highest BCUT2D eigenvalue weighted by molar-refractivity contribution is 5.44. The third-order valence-corrected chi connectivity index (χ3v) is 1.09. The van der Waals surface area contributed by atoms with Crippen LogP contribution < -0.4 is 10.5 Å². The number of nitrogens with zero attached hydrogens (tertiary/aromatic N) is 1. The Morgan fingerprint density at radius 3 is 2.62 bits per heavy atom. The van der Waals surface area contributed by atoms with E-state index in [0.717, 1.165) is 0 Å². The van der Waals surface area contributed by atoms with Gasteiger partial charge in [-0.1, -0.05) is 13.8 Å². The van der Waals surface area contributed by atoms with Gasteiger partial charge in [0.25, 0.3) is 0 Å². The molecule has 0 aliphatic carbocycles. The van der Waals surface area contributed by atoms with E-state index < -0.39 is 6.36 Å². The monoisotopic (exact) mass is 186 g/mol. The molecular weight excluding hydrogens is 171 g/mol. The lowest BCUT2D eigenvalue weighted by molar-refractivity contribution is 0.0865. The van der Waals surface area contributed by atoms with Crippen LogP contribution >= 0.6 is 0 Å². The molecule has 3 nitrogen and oxygen atoms in total. The predicted molar refractivity (Wildman–Crippen MR) is 51.2 cm³/mol. The maximum absolute atomic E-state index is 12.3. The molecule has 0 aliphatic rings. The van der Waals surface area contributed by atoms with E-state index in [2.05, 4.69) is 4.98 Å². The second-order valence-corrected chi connectivity index (χ2v) is 2.05. The molecule has 0 amide bonds. The van der Waals surface area contributed by atoms with E-state index in [1.165, 1.54) is 13.1 Å². The first-order valence-corrected chi connectivity index (χ1v) is 4.21. The van der Waals surface area contributed by atoms with E-state index >= 15 is 0 Å². The van der Waals surface area contributed by atoms with Crippen LogP contribution in [0.3, 0.4) is 0 Å². The number of pyridine rings is 1. The van der Waals surface area contributed by atoms with Crippen LogP contribution in [0.15, 0.2) is 18.3 Å². The Kier molecular flexibility index (Phi) is 5.59. The van der Waals surface area contributed by atoms with Gasteiger partial charge in [-0.15, -0.1) is 0 Å². The first kappa shape index (κ1) is 11.7. The molecule has 1 aromatic rings. The molecule has 1 heterocycles. The standard InChI is InChI=1S/C7H9FN2O.C2H6/c1-5(8)11-6-3-2-4-10-7(6)9;1-2/h2-5H,1H3,(H2,9,10);1-2H3. The SMILES string of the molecule is CC.CC(F)Oc1cccnc1N. The van der Waals surface area contributed by atoms with Crippen LogP contribution in [0, 0.1) is 0 Å². The van der Waals surface area contributed by atoms with Gasteiger partial charge in [0, 0.05) is 13.1 Å². The topological polar surface area (TPSA) is 48.1 Å². The van der Waals surface area contributed by atoms with Crippen molar-refractivity contribution in [3.8, 4) is 5.75 Å². The fourth-order valence-corrected chi connectivity index (χ4v) is 0.677. The molecular formula is C9H15FN2O. The fraction of sp³-hybridized carbons (Fsp3) is 0.444. The number of anilines is 1. The Bertz CT molecular complexity index is 241. The number of halogens is 1. The molecule has 1 unspecified atom stereocenters. The van der Waals surface area contributed by atoms with Gasteiger partial charge in [-0.25, -0.2) is 9.37 Å². The van der Waals surface area contributed by atoms with Crippen LogP contribution in [-0.4, -0.2) is 11.3 Å². The summed E-state index contributed by atoms with van der Waals surface area (Å²) >= 11 is 0. The third-order valence-electron chi connectivity index (χ3n) is 1.09. The summed E-state index contributed by atoms with van der Waals surface area (Å²) in [4.78, 5) is 3.72. The minimum absolute atomic E-state index is 0.206. The summed E-state index contributed by atoms with van der Waals surface area (Å²) in [6.45, 7) is 5.28. The van der Waals surface area contributed by atoms with E-state index in [0.29, 0.717) is 0 Å². The molecule has 0 bridgehead atoms. The summed E-state index contributed by atoms with van der Waals surface area (Å²) in [5.74, 6) is 0.486. The molecule has 0 radical (unpaired) electrons. The summed E-state index contributed by atoms with van der Waals surface area (Å²) < 4.78 is 17.0. The van der Waals surface area contributed by atoms with Crippen molar-refractivity contribution in [3.63, 3.8) is 0 Å². The van der Waals surface area contributed by atoms with Gasteiger partial charge in [-0.05, 0) is 12.1 Å². The number of ether oxygens (including phenoxy) is 1. The Balaban J connectivity index is 0.000000671. The molecule has 1 rings (SSSR count). The van der Waals surface area contributed by atoms with Gasteiger partial charge in [0.05, 0.1) is 0 Å². The smallest absolute Gasteiger partial charge is 0.236 e. The van der Waals surface area contributed by atoms with Crippen molar-refractivity contribution in [3.05, 3.63) is 18.3 Å². The van der Waals surface area contributed by atoms with Crippen LogP contribution in [-0.2, 0) is 0 Å². The highest BCUT2D eigenvalue weighted by atomic mass is 19.1. The molecule has 1 aromatic heterocycles. The summed E-state index contributed by atoms with van der Waals surface area (Å²) in [6.07, 6.45) is 0.159. The molecule has 0 fully saturated rings. The van der Waals surface area contributed by atoms with Crippen molar-refractivity contribution in [2.75, 3.05) is 5.73 Å². The third kappa shape index (κ3) is 4.30. The largest absolute Gasteiger partial charge is 0.457 e. The number of aromatic nitrogens is 1. The lowest BCUT2D eigenvalue weighted by atomic mass is 10.4. The first-order valence-electron chi connectivity index (χ1n) is 4.21. The molecule has 2 N–H and O–H groups in total. The molecule has 74 valence electrons. The van der Waals surface area contributed by atoms with Crippen molar-refractivity contribution in [1.29, 1.82) is 0 Å². The van der Waals surface area contributed by atoms with Crippen LogP contribution in [0.5, 0.6) is 5.75 Å². The number of alkyl halides is 1. The quantitative estimate of drug-likeness (QED) is 0.771. The molecule has 0 saturated carbocycles. The van der Waals surface area contributed by atoms with Gasteiger partial charge in [0.1, 0.15) is 0 Å². The zero-order valence-corrected chi connectivity index (χ0v) is 8.12. The molecule has 0 aliphatic heterocycles. The lowest BCUT2D eigenvalue weighted by Gasteiger charge is -2.07. The minimum atomic E-state index is -1.36. The number of nitrogens with two attached hydrogens (primary N) is 1. The van der Waals surface area contributed by atoms with Gasteiger partial charge in [0.2, 0.25) is 6.36 Å².